The average molecular weight is 486 g/mol. The minimum atomic E-state index is -3.96. The predicted octanol–water partition coefficient (Wildman–Crippen LogP) is 3.24. The van der Waals surface area contributed by atoms with Crippen molar-refractivity contribution in [2.75, 3.05) is 36.5 Å². The van der Waals surface area contributed by atoms with Crippen LogP contribution in [0.25, 0.3) is 0 Å². The molecule has 1 unspecified atom stereocenters. The maximum Gasteiger partial charge on any atom is 0.243 e. The Kier molecular flexibility index (Phi) is 7.35. The molecule has 2 aromatic carbocycles. The number of aryl methyl sites for hydroxylation is 1. The Morgan fingerprint density at radius 2 is 1.91 bits per heavy atom. The maximum atomic E-state index is 13.5. The van der Waals surface area contributed by atoms with Gasteiger partial charge in [0.05, 0.1) is 17.5 Å². The number of hydrogen-bond donors (Lipinski definition) is 1. The topological polar surface area (TPSA) is 96.0 Å². The number of sulfonamides is 1. The van der Waals surface area contributed by atoms with E-state index in [-0.39, 0.29) is 30.0 Å². The molecule has 34 heavy (non-hydrogen) atoms. The minimum Gasteiger partial charge on any atom is -0.377 e. The molecule has 182 valence electrons. The fraction of sp³-hybridized carbons (Fsp3) is 0.440. The van der Waals surface area contributed by atoms with E-state index in [0.29, 0.717) is 30.9 Å². The molecule has 0 bridgehead atoms. The molecule has 0 aliphatic carbocycles. The lowest BCUT2D eigenvalue weighted by molar-refractivity contribution is -0.117. The molecule has 2 aromatic rings. The second-order valence-electron chi connectivity index (χ2n) is 8.87. The lowest BCUT2D eigenvalue weighted by Crippen LogP contribution is -2.42. The van der Waals surface area contributed by atoms with Gasteiger partial charge in [-0.15, -0.1) is 0 Å². The van der Waals surface area contributed by atoms with Crippen molar-refractivity contribution in [3.8, 4) is 0 Å². The molecule has 2 saturated heterocycles. The summed E-state index contributed by atoms with van der Waals surface area (Å²) in [6.07, 6.45) is 2.67. The number of benzene rings is 2. The van der Waals surface area contributed by atoms with Crippen LogP contribution in [-0.4, -0.2) is 56.9 Å². The van der Waals surface area contributed by atoms with Gasteiger partial charge >= 0.3 is 0 Å². The second kappa shape index (κ2) is 10.2. The lowest BCUT2D eigenvalue weighted by Gasteiger charge is -2.25. The van der Waals surface area contributed by atoms with Gasteiger partial charge in [0, 0.05) is 37.5 Å². The Labute approximate surface area is 200 Å². The maximum absolute atomic E-state index is 13.5. The highest BCUT2D eigenvalue weighted by atomic mass is 32.2. The summed E-state index contributed by atoms with van der Waals surface area (Å²) >= 11 is 0. The standard InChI is InChI=1S/C25H31N3O5S/c1-18-6-3-8-23(19(18)2)26-24(29)17-27(16-21-7-5-15-33-21)34(31,32)22-12-10-20(11-13-22)28-14-4-9-25(28)30/h3,6,8,10-13,21H,4-5,7,9,14-17H2,1-2H3,(H,26,29). The molecule has 1 atom stereocenters. The van der Waals surface area contributed by atoms with E-state index in [1.54, 1.807) is 23.1 Å². The summed E-state index contributed by atoms with van der Waals surface area (Å²) in [6, 6.07) is 11.9. The van der Waals surface area contributed by atoms with Crippen LogP contribution in [0.5, 0.6) is 0 Å². The Morgan fingerprint density at radius 1 is 1.15 bits per heavy atom. The minimum absolute atomic E-state index is 0.0405. The normalized spacial score (nSPS) is 18.6. The highest BCUT2D eigenvalue weighted by molar-refractivity contribution is 7.89. The van der Waals surface area contributed by atoms with Gasteiger partial charge in [0.2, 0.25) is 21.8 Å². The molecule has 8 nitrogen and oxygen atoms in total. The molecule has 2 aliphatic heterocycles. The molecule has 2 heterocycles. The predicted molar refractivity (Wildman–Crippen MR) is 130 cm³/mol. The fourth-order valence-corrected chi connectivity index (χ4v) is 5.80. The van der Waals surface area contributed by atoms with Crippen molar-refractivity contribution in [2.24, 2.45) is 0 Å². The zero-order valence-electron chi connectivity index (χ0n) is 19.6. The third-order valence-electron chi connectivity index (χ3n) is 6.49. The highest BCUT2D eigenvalue weighted by Crippen LogP contribution is 2.26. The SMILES string of the molecule is Cc1cccc(NC(=O)CN(CC2CCCO2)S(=O)(=O)c2ccc(N3CCCC3=O)cc2)c1C. The van der Waals surface area contributed by atoms with Gasteiger partial charge in [0.15, 0.2) is 0 Å². The lowest BCUT2D eigenvalue weighted by atomic mass is 10.1. The summed E-state index contributed by atoms with van der Waals surface area (Å²) in [5.41, 5.74) is 3.33. The third-order valence-corrected chi connectivity index (χ3v) is 8.32. The molecule has 0 spiro atoms. The monoisotopic (exact) mass is 485 g/mol. The highest BCUT2D eigenvalue weighted by Gasteiger charge is 2.31. The fourth-order valence-electron chi connectivity index (χ4n) is 4.37. The Morgan fingerprint density at radius 3 is 2.56 bits per heavy atom. The largest absolute Gasteiger partial charge is 0.377 e. The number of carbonyl (C=O) groups excluding carboxylic acids is 2. The van der Waals surface area contributed by atoms with E-state index in [4.69, 9.17) is 4.74 Å². The van der Waals surface area contributed by atoms with E-state index in [1.165, 1.54) is 16.4 Å². The Hall–Kier alpha value is -2.75. The van der Waals surface area contributed by atoms with Crippen LogP contribution >= 0.6 is 0 Å². The summed E-state index contributed by atoms with van der Waals surface area (Å²) in [4.78, 5) is 26.7. The van der Waals surface area contributed by atoms with Crippen molar-refractivity contribution in [1.29, 1.82) is 0 Å². The summed E-state index contributed by atoms with van der Waals surface area (Å²) in [6.45, 7) is 4.88. The van der Waals surface area contributed by atoms with E-state index in [0.717, 1.165) is 30.4 Å². The molecular formula is C25H31N3O5S. The van der Waals surface area contributed by atoms with Crippen molar-refractivity contribution < 1.29 is 22.7 Å². The smallest absolute Gasteiger partial charge is 0.243 e. The number of nitrogens with one attached hydrogen (secondary N) is 1. The van der Waals surface area contributed by atoms with Crippen molar-refractivity contribution in [1.82, 2.24) is 4.31 Å². The van der Waals surface area contributed by atoms with E-state index in [2.05, 4.69) is 5.32 Å². The summed E-state index contributed by atoms with van der Waals surface area (Å²) in [7, 11) is -3.96. The molecule has 0 radical (unpaired) electrons. The van der Waals surface area contributed by atoms with Gasteiger partial charge in [0.25, 0.3) is 0 Å². The Bertz CT molecular complexity index is 1160. The van der Waals surface area contributed by atoms with Gasteiger partial charge < -0.3 is 15.0 Å². The van der Waals surface area contributed by atoms with Gasteiger partial charge in [-0.1, -0.05) is 12.1 Å². The quantitative estimate of drug-likeness (QED) is 0.619. The molecule has 2 amide bonds. The molecule has 1 N–H and O–H groups in total. The van der Waals surface area contributed by atoms with Crippen LogP contribution in [0.3, 0.4) is 0 Å². The summed E-state index contributed by atoms with van der Waals surface area (Å²) in [5, 5.41) is 2.85. The number of carbonyl (C=O) groups is 2. The van der Waals surface area contributed by atoms with Crippen molar-refractivity contribution >= 4 is 33.2 Å². The van der Waals surface area contributed by atoms with E-state index < -0.39 is 15.9 Å². The zero-order valence-corrected chi connectivity index (χ0v) is 20.4. The number of anilines is 2. The van der Waals surface area contributed by atoms with Crippen LogP contribution in [0.2, 0.25) is 0 Å². The van der Waals surface area contributed by atoms with E-state index >= 15 is 0 Å². The first-order valence-electron chi connectivity index (χ1n) is 11.6. The first kappa shape index (κ1) is 24.4. The van der Waals surface area contributed by atoms with Crippen LogP contribution in [0.15, 0.2) is 47.4 Å². The van der Waals surface area contributed by atoms with E-state index in [9.17, 15) is 18.0 Å². The van der Waals surface area contributed by atoms with Crippen molar-refractivity contribution in [3.63, 3.8) is 0 Å². The summed E-state index contributed by atoms with van der Waals surface area (Å²) < 4.78 is 33.9. The third kappa shape index (κ3) is 5.32. The Balaban J connectivity index is 1.54. The van der Waals surface area contributed by atoms with Gasteiger partial charge in [-0.25, -0.2) is 8.42 Å². The summed E-state index contributed by atoms with van der Waals surface area (Å²) in [5.74, 6) is -0.367. The molecule has 0 saturated carbocycles. The average Bonchev–Trinajstić information content (AvgIpc) is 3.48. The van der Waals surface area contributed by atoms with Crippen LogP contribution in [0, 0.1) is 13.8 Å². The molecule has 4 rings (SSSR count). The van der Waals surface area contributed by atoms with Gasteiger partial charge in [0.1, 0.15) is 0 Å². The molecular weight excluding hydrogens is 454 g/mol. The number of nitrogens with zero attached hydrogens (tertiary/aromatic N) is 2. The van der Waals surface area contributed by atoms with Gasteiger partial charge in [-0.05, 0) is 74.6 Å². The number of hydrogen-bond acceptors (Lipinski definition) is 5. The van der Waals surface area contributed by atoms with Crippen LogP contribution < -0.4 is 10.2 Å². The molecule has 0 aromatic heterocycles. The number of ether oxygens (including phenoxy) is 1. The number of amides is 2. The number of rotatable bonds is 8. The van der Waals surface area contributed by atoms with Gasteiger partial charge in [-0.3, -0.25) is 9.59 Å². The van der Waals surface area contributed by atoms with Crippen LogP contribution in [0.4, 0.5) is 11.4 Å². The first-order valence-corrected chi connectivity index (χ1v) is 13.1. The van der Waals surface area contributed by atoms with Crippen molar-refractivity contribution in [3.05, 3.63) is 53.6 Å². The molecule has 9 heteroatoms. The van der Waals surface area contributed by atoms with Crippen LogP contribution in [0.1, 0.15) is 36.8 Å². The zero-order chi connectivity index (χ0) is 24.3. The van der Waals surface area contributed by atoms with Crippen molar-refractivity contribution in [2.45, 2.75) is 50.5 Å². The molecule has 2 aliphatic rings. The van der Waals surface area contributed by atoms with Gasteiger partial charge in [-0.2, -0.15) is 4.31 Å². The first-order chi connectivity index (χ1) is 16.3. The van der Waals surface area contributed by atoms with Crippen LogP contribution in [-0.2, 0) is 24.3 Å². The van der Waals surface area contributed by atoms with E-state index in [1.807, 2.05) is 26.0 Å². The second-order valence-corrected chi connectivity index (χ2v) is 10.8. The molecule has 2 fully saturated rings.